The molecule has 8 heteroatoms. The monoisotopic (exact) mass is 318 g/mol. The van der Waals surface area contributed by atoms with Crippen molar-refractivity contribution < 1.29 is 17.9 Å². The van der Waals surface area contributed by atoms with Crippen LogP contribution in [0.5, 0.6) is 0 Å². The predicted molar refractivity (Wildman–Crippen MR) is 75.2 cm³/mol. The highest BCUT2D eigenvalue weighted by atomic mass is 32.2. The second-order valence-corrected chi connectivity index (χ2v) is 8.03. The van der Waals surface area contributed by atoms with Crippen molar-refractivity contribution >= 4 is 27.3 Å². The van der Waals surface area contributed by atoms with Crippen molar-refractivity contribution in [1.29, 1.82) is 0 Å². The normalized spacial score (nSPS) is 15.8. The van der Waals surface area contributed by atoms with Gasteiger partial charge < -0.3 is 4.74 Å². The Morgan fingerprint density at radius 2 is 2.20 bits per heavy atom. The van der Waals surface area contributed by atoms with Crippen LogP contribution in [0.2, 0.25) is 0 Å². The molecule has 1 fully saturated rings. The largest absolute Gasteiger partial charge is 0.464 e. The fraction of sp³-hybridized carbons (Fsp3) is 0.667. The number of thiazole rings is 1. The number of hydrogen-bond acceptors (Lipinski definition) is 6. The summed E-state index contributed by atoms with van der Waals surface area (Å²) in [5.41, 5.74) is 1.23. The van der Waals surface area contributed by atoms with Crippen LogP contribution in [0.25, 0.3) is 0 Å². The van der Waals surface area contributed by atoms with Gasteiger partial charge in [0, 0.05) is 12.6 Å². The van der Waals surface area contributed by atoms with Gasteiger partial charge in [-0.1, -0.05) is 0 Å². The van der Waals surface area contributed by atoms with E-state index in [0.29, 0.717) is 12.5 Å². The van der Waals surface area contributed by atoms with Crippen molar-refractivity contribution in [1.82, 2.24) is 9.29 Å². The summed E-state index contributed by atoms with van der Waals surface area (Å²) in [6, 6.07) is -0.159. The van der Waals surface area contributed by atoms with Crippen molar-refractivity contribution in [3.8, 4) is 0 Å². The lowest BCUT2D eigenvalue weighted by molar-refractivity contribution is 0.0590. The molecule has 0 saturated heterocycles. The Balaban J connectivity index is 2.37. The number of methoxy groups -OCH3 is 1. The van der Waals surface area contributed by atoms with E-state index in [0.717, 1.165) is 24.2 Å². The number of hydrogen-bond donors (Lipinski definition) is 0. The Kier molecular flexibility index (Phi) is 4.46. The first-order chi connectivity index (χ1) is 9.37. The van der Waals surface area contributed by atoms with Crippen LogP contribution in [-0.4, -0.2) is 43.4 Å². The molecule has 1 aromatic heterocycles. The summed E-state index contributed by atoms with van der Waals surface area (Å²) in [4.78, 5) is 15.4. The van der Waals surface area contributed by atoms with Gasteiger partial charge in [0.15, 0.2) is 9.90 Å². The highest BCUT2D eigenvalue weighted by Crippen LogP contribution is 2.34. The van der Waals surface area contributed by atoms with Crippen molar-refractivity contribution in [2.45, 2.75) is 36.9 Å². The molecule has 112 valence electrons. The Hall–Kier alpha value is -0.990. The highest BCUT2D eigenvalue weighted by molar-refractivity contribution is 7.91. The SMILES string of the molecule is COC(=O)c1ncsc1S(=O)(=O)N(CC1CC1)C(C)C. The summed E-state index contributed by atoms with van der Waals surface area (Å²) in [6.45, 7) is 4.16. The molecule has 1 aliphatic carbocycles. The summed E-state index contributed by atoms with van der Waals surface area (Å²) in [6.07, 6.45) is 2.12. The van der Waals surface area contributed by atoms with Crippen LogP contribution in [0.1, 0.15) is 37.2 Å². The maximum absolute atomic E-state index is 12.7. The Bertz CT molecular complexity index is 590. The maximum Gasteiger partial charge on any atom is 0.358 e. The third-order valence-corrected chi connectivity index (χ3v) is 6.56. The number of sulfonamides is 1. The van der Waals surface area contributed by atoms with E-state index >= 15 is 0 Å². The zero-order valence-corrected chi connectivity index (χ0v) is 13.3. The lowest BCUT2D eigenvalue weighted by atomic mass is 10.3. The number of carbonyl (C=O) groups is 1. The molecule has 0 radical (unpaired) electrons. The average molecular weight is 318 g/mol. The van der Waals surface area contributed by atoms with Crippen LogP contribution in [0, 0.1) is 5.92 Å². The van der Waals surface area contributed by atoms with Crippen molar-refractivity contribution in [3.63, 3.8) is 0 Å². The predicted octanol–water partition coefficient (Wildman–Crippen LogP) is 1.74. The van der Waals surface area contributed by atoms with Gasteiger partial charge in [-0.25, -0.2) is 18.2 Å². The van der Waals surface area contributed by atoms with Crippen LogP contribution >= 0.6 is 11.3 Å². The molecule has 1 aliphatic rings. The first kappa shape index (κ1) is 15.4. The summed E-state index contributed by atoms with van der Waals surface area (Å²) >= 11 is 0.952. The molecular formula is C12H18N2O4S2. The molecule has 2 rings (SSSR count). The number of esters is 1. The van der Waals surface area contributed by atoms with Crippen LogP contribution in [0.4, 0.5) is 0 Å². The molecule has 6 nitrogen and oxygen atoms in total. The van der Waals surface area contributed by atoms with E-state index in [-0.39, 0.29) is 15.9 Å². The number of carbonyl (C=O) groups excluding carboxylic acids is 1. The van der Waals surface area contributed by atoms with Gasteiger partial charge in [-0.05, 0) is 32.6 Å². The average Bonchev–Trinajstić information content (AvgIpc) is 3.07. The minimum absolute atomic E-state index is 0.0290. The van der Waals surface area contributed by atoms with Crippen molar-refractivity contribution in [2.24, 2.45) is 5.92 Å². The zero-order chi connectivity index (χ0) is 14.9. The molecular weight excluding hydrogens is 300 g/mol. The van der Waals surface area contributed by atoms with Gasteiger partial charge in [0.25, 0.3) is 10.0 Å². The molecule has 0 aliphatic heterocycles. The number of aromatic nitrogens is 1. The first-order valence-corrected chi connectivity index (χ1v) is 8.73. The number of ether oxygens (including phenoxy) is 1. The molecule has 0 atom stereocenters. The summed E-state index contributed by atoms with van der Waals surface area (Å²) in [5.74, 6) is -0.290. The Morgan fingerprint density at radius 1 is 1.55 bits per heavy atom. The van der Waals surface area contributed by atoms with Crippen LogP contribution < -0.4 is 0 Å². The Morgan fingerprint density at radius 3 is 2.70 bits per heavy atom. The molecule has 0 unspecified atom stereocenters. The summed E-state index contributed by atoms with van der Waals surface area (Å²) in [5, 5.41) is 0. The quantitative estimate of drug-likeness (QED) is 0.747. The van der Waals surface area contributed by atoms with E-state index in [1.54, 1.807) is 0 Å². The van der Waals surface area contributed by atoms with Gasteiger partial charge in [-0.15, -0.1) is 11.3 Å². The van der Waals surface area contributed by atoms with Crippen molar-refractivity contribution in [3.05, 3.63) is 11.2 Å². The van der Waals surface area contributed by atoms with Crippen LogP contribution in [-0.2, 0) is 14.8 Å². The minimum atomic E-state index is -3.71. The van der Waals surface area contributed by atoms with Gasteiger partial charge in [0.2, 0.25) is 0 Å². The zero-order valence-electron chi connectivity index (χ0n) is 11.7. The standard InChI is InChI=1S/C12H18N2O4S2/c1-8(2)14(6-9-4-5-9)20(16,17)12-10(11(15)18-3)13-7-19-12/h7-9H,4-6H2,1-3H3. The summed E-state index contributed by atoms with van der Waals surface area (Å²) < 4.78 is 31.5. The molecule has 0 spiro atoms. The molecule has 0 N–H and O–H groups in total. The Labute approximate surface area is 122 Å². The molecule has 0 amide bonds. The third-order valence-electron chi connectivity index (χ3n) is 3.17. The second-order valence-electron chi connectivity index (χ2n) is 5.09. The van der Waals surface area contributed by atoms with E-state index in [1.165, 1.54) is 16.9 Å². The topological polar surface area (TPSA) is 76.6 Å². The first-order valence-electron chi connectivity index (χ1n) is 6.41. The molecule has 1 heterocycles. The number of nitrogens with zero attached hydrogens (tertiary/aromatic N) is 2. The van der Waals surface area contributed by atoms with E-state index in [9.17, 15) is 13.2 Å². The lowest BCUT2D eigenvalue weighted by Crippen LogP contribution is -2.38. The third kappa shape index (κ3) is 3.02. The van der Waals surface area contributed by atoms with Gasteiger partial charge in [-0.3, -0.25) is 0 Å². The fourth-order valence-electron chi connectivity index (χ4n) is 1.90. The maximum atomic E-state index is 12.7. The smallest absolute Gasteiger partial charge is 0.358 e. The van der Waals surface area contributed by atoms with Gasteiger partial charge in [0.1, 0.15) is 0 Å². The molecule has 1 saturated carbocycles. The molecule has 20 heavy (non-hydrogen) atoms. The van der Waals surface area contributed by atoms with Crippen LogP contribution in [0.15, 0.2) is 9.72 Å². The van der Waals surface area contributed by atoms with Crippen molar-refractivity contribution in [2.75, 3.05) is 13.7 Å². The van der Waals surface area contributed by atoms with Gasteiger partial charge in [-0.2, -0.15) is 4.31 Å². The number of rotatable bonds is 6. The van der Waals surface area contributed by atoms with Gasteiger partial charge >= 0.3 is 5.97 Å². The van der Waals surface area contributed by atoms with E-state index in [4.69, 9.17) is 0 Å². The van der Waals surface area contributed by atoms with Crippen LogP contribution in [0.3, 0.4) is 0 Å². The molecule has 0 bridgehead atoms. The second kappa shape index (κ2) is 5.79. The van der Waals surface area contributed by atoms with E-state index in [2.05, 4.69) is 9.72 Å². The lowest BCUT2D eigenvalue weighted by Gasteiger charge is -2.25. The molecule has 1 aromatic rings. The minimum Gasteiger partial charge on any atom is -0.464 e. The van der Waals surface area contributed by atoms with Gasteiger partial charge in [0.05, 0.1) is 12.6 Å². The molecule has 0 aromatic carbocycles. The van der Waals surface area contributed by atoms with E-state index < -0.39 is 16.0 Å². The summed E-state index contributed by atoms with van der Waals surface area (Å²) in [7, 11) is -2.50. The van der Waals surface area contributed by atoms with E-state index in [1.807, 2.05) is 13.8 Å². The highest BCUT2D eigenvalue weighted by Gasteiger charge is 2.37. The fourth-order valence-corrected chi connectivity index (χ4v) is 4.86.